The van der Waals surface area contributed by atoms with Gasteiger partial charge in [-0.15, -0.1) is 0 Å². The van der Waals surface area contributed by atoms with Crippen LogP contribution >= 0.6 is 0 Å². The maximum Gasteiger partial charge on any atom is 0.220 e. The monoisotopic (exact) mass is 215 g/mol. The maximum absolute atomic E-state index is 11.3. The Morgan fingerprint density at radius 2 is 1.87 bits per heavy atom. The minimum Gasteiger partial charge on any atom is -0.396 e. The Morgan fingerprint density at radius 3 is 2.33 bits per heavy atom. The maximum atomic E-state index is 11.3. The van der Waals surface area contributed by atoms with Gasteiger partial charge in [0.1, 0.15) is 5.78 Å². The minimum absolute atomic E-state index is 0.0276. The molecule has 0 aliphatic rings. The van der Waals surface area contributed by atoms with Crippen molar-refractivity contribution in [2.75, 3.05) is 13.2 Å². The smallest absolute Gasteiger partial charge is 0.220 e. The Morgan fingerprint density at radius 1 is 1.27 bits per heavy atom. The third-order valence-electron chi connectivity index (χ3n) is 2.26. The molecule has 0 aliphatic heterocycles. The molecule has 0 aromatic carbocycles. The van der Waals surface area contributed by atoms with Gasteiger partial charge in [0.05, 0.1) is 0 Å². The van der Waals surface area contributed by atoms with Gasteiger partial charge < -0.3 is 15.2 Å². The Bertz CT molecular complexity index is 224. The zero-order valence-electron chi connectivity index (χ0n) is 9.80. The van der Waals surface area contributed by atoms with E-state index in [2.05, 4.69) is 5.32 Å². The van der Waals surface area contributed by atoms with Gasteiger partial charge in [0, 0.05) is 26.0 Å². The summed E-state index contributed by atoms with van der Waals surface area (Å²) in [4.78, 5) is 21.9. The molecule has 0 heterocycles. The highest BCUT2D eigenvalue weighted by Gasteiger charge is 2.17. The van der Waals surface area contributed by atoms with Gasteiger partial charge in [-0.2, -0.15) is 0 Å². The number of rotatable bonds is 7. The number of Topliss-reactive ketones (excluding diaryl/α,β-unsaturated/α-hetero) is 1. The topological polar surface area (TPSA) is 66.4 Å². The number of aliphatic hydroxyl groups is 1. The fraction of sp³-hybridized carbons (Fsp3) is 0.818. The number of aliphatic hydroxyl groups excluding tert-OH is 1. The lowest BCUT2D eigenvalue weighted by molar-refractivity contribution is -0.125. The van der Waals surface area contributed by atoms with Gasteiger partial charge in [-0.25, -0.2) is 0 Å². The Balaban J connectivity index is 3.74. The van der Waals surface area contributed by atoms with Crippen LogP contribution < -0.4 is 5.32 Å². The van der Waals surface area contributed by atoms with Gasteiger partial charge in [0.25, 0.3) is 0 Å². The first kappa shape index (κ1) is 14.1. The van der Waals surface area contributed by atoms with Crippen LogP contribution in [0.4, 0.5) is 0 Å². The minimum atomic E-state index is -0.101. The van der Waals surface area contributed by atoms with E-state index >= 15 is 0 Å². The lowest BCUT2D eigenvalue weighted by Crippen LogP contribution is -2.34. The molecule has 0 bridgehead atoms. The first-order valence-corrected chi connectivity index (χ1v) is 5.24. The van der Waals surface area contributed by atoms with Crippen molar-refractivity contribution < 1.29 is 14.7 Å². The second-order valence-corrected chi connectivity index (χ2v) is 4.62. The molecule has 0 rings (SSSR count). The standard InChI is InChI=1S/C11H21NO3/c1-9(14)4-5-10(15)12-8-11(2,3)6-7-13/h13H,4-8H2,1-3H3,(H,12,15). The lowest BCUT2D eigenvalue weighted by atomic mass is 9.90. The molecule has 15 heavy (non-hydrogen) atoms. The van der Waals surface area contributed by atoms with E-state index in [1.807, 2.05) is 13.8 Å². The van der Waals surface area contributed by atoms with E-state index in [1.54, 1.807) is 0 Å². The highest BCUT2D eigenvalue weighted by molar-refractivity contribution is 5.83. The number of amides is 1. The molecule has 0 atom stereocenters. The Kier molecular flexibility index (Phi) is 6.17. The summed E-state index contributed by atoms with van der Waals surface area (Å²) in [5, 5.41) is 11.5. The molecule has 0 saturated carbocycles. The summed E-state index contributed by atoms with van der Waals surface area (Å²) in [6.07, 6.45) is 1.21. The molecule has 0 radical (unpaired) electrons. The van der Waals surface area contributed by atoms with E-state index < -0.39 is 0 Å². The van der Waals surface area contributed by atoms with Crippen LogP contribution in [0.5, 0.6) is 0 Å². The molecule has 0 unspecified atom stereocenters. The molecule has 0 spiro atoms. The van der Waals surface area contributed by atoms with Crippen LogP contribution in [0, 0.1) is 5.41 Å². The van der Waals surface area contributed by atoms with Gasteiger partial charge in [-0.1, -0.05) is 13.8 Å². The molecule has 0 saturated heterocycles. The summed E-state index contributed by atoms with van der Waals surface area (Å²) < 4.78 is 0. The predicted octanol–water partition coefficient (Wildman–Crippen LogP) is 0.880. The molecule has 4 heteroatoms. The molecule has 0 aromatic rings. The quantitative estimate of drug-likeness (QED) is 0.662. The third kappa shape index (κ3) is 8.12. The van der Waals surface area contributed by atoms with Crippen LogP contribution in [0.15, 0.2) is 0 Å². The van der Waals surface area contributed by atoms with Crippen LogP contribution in [-0.2, 0) is 9.59 Å². The predicted molar refractivity (Wildman–Crippen MR) is 58.4 cm³/mol. The molecular weight excluding hydrogens is 194 g/mol. The normalized spacial score (nSPS) is 11.2. The summed E-state index contributed by atoms with van der Waals surface area (Å²) in [6.45, 7) is 6.09. The van der Waals surface area contributed by atoms with Crippen molar-refractivity contribution in [3.05, 3.63) is 0 Å². The molecular formula is C11H21NO3. The van der Waals surface area contributed by atoms with Crippen molar-refractivity contribution in [1.82, 2.24) is 5.32 Å². The van der Waals surface area contributed by atoms with E-state index in [-0.39, 0.29) is 30.1 Å². The summed E-state index contributed by atoms with van der Waals surface area (Å²) >= 11 is 0. The first-order chi connectivity index (χ1) is 6.87. The van der Waals surface area contributed by atoms with Gasteiger partial charge in [-0.05, 0) is 18.8 Å². The highest BCUT2D eigenvalue weighted by Crippen LogP contribution is 2.17. The Labute approximate surface area is 91.1 Å². The Hall–Kier alpha value is -0.900. The lowest BCUT2D eigenvalue weighted by Gasteiger charge is -2.23. The van der Waals surface area contributed by atoms with Crippen molar-refractivity contribution in [2.24, 2.45) is 5.41 Å². The molecule has 0 aliphatic carbocycles. The highest BCUT2D eigenvalue weighted by atomic mass is 16.3. The fourth-order valence-corrected chi connectivity index (χ4v) is 1.11. The zero-order valence-corrected chi connectivity index (χ0v) is 9.80. The second kappa shape index (κ2) is 6.56. The number of ketones is 1. The summed E-state index contributed by atoms with van der Waals surface area (Å²) in [5.41, 5.74) is -0.0966. The van der Waals surface area contributed by atoms with Crippen LogP contribution in [0.1, 0.15) is 40.0 Å². The summed E-state index contributed by atoms with van der Waals surface area (Å²) in [6, 6.07) is 0. The van der Waals surface area contributed by atoms with E-state index in [0.29, 0.717) is 19.4 Å². The van der Waals surface area contributed by atoms with E-state index in [9.17, 15) is 9.59 Å². The molecule has 0 aromatic heterocycles. The van der Waals surface area contributed by atoms with Crippen molar-refractivity contribution in [2.45, 2.75) is 40.0 Å². The molecule has 2 N–H and O–H groups in total. The van der Waals surface area contributed by atoms with Crippen LogP contribution in [0.2, 0.25) is 0 Å². The average molecular weight is 215 g/mol. The van der Waals surface area contributed by atoms with Crippen LogP contribution in [0.3, 0.4) is 0 Å². The molecule has 0 fully saturated rings. The zero-order chi connectivity index (χ0) is 11.9. The summed E-state index contributed by atoms with van der Waals surface area (Å²) in [7, 11) is 0. The largest absolute Gasteiger partial charge is 0.396 e. The first-order valence-electron chi connectivity index (χ1n) is 5.24. The summed E-state index contributed by atoms with van der Waals surface area (Å²) in [5.74, 6) is -0.0732. The second-order valence-electron chi connectivity index (χ2n) is 4.62. The van der Waals surface area contributed by atoms with E-state index in [4.69, 9.17) is 5.11 Å². The van der Waals surface area contributed by atoms with Gasteiger partial charge >= 0.3 is 0 Å². The number of nitrogens with one attached hydrogen (secondary N) is 1. The van der Waals surface area contributed by atoms with E-state index in [0.717, 1.165) is 0 Å². The molecule has 1 amide bonds. The molecule has 4 nitrogen and oxygen atoms in total. The van der Waals surface area contributed by atoms with Crippen LogP contribution in [-0.4, -0.2) is 29.9 Å². The SMILES string of the molecule is CC(=O)CCC(=O)NCC(C)(C)CCO. The molecule has 88 valence electrons. The van der Waals surface area contributed by atoms with E-state index in [1.165, 1.54) is 6.92 Å². The van der Waals surface area contributed by atoms with Gasteiger partial charge in [-0.3, -0.25) is 4.79 Å². The van der Waals surface area contributed by atoms with Crippen molar-refractivity contribution in [3.63, 3.8) is 0 Å². The van der Waals surface area contributed by atoms with Gasteiger partial charge in [0.2, 0.25) is 5.91 Å². The average Bonchev–Trinajstić information content (AvgIpc) is 2.11. The third-order valence-corrected chi connectivity index (χ3v) is 2.26. The van der Waals surface area contributed by atoms with Crippen LogP contribution in [0.25, 0.3) is 0 Å². The number of hydrogen-bond acceptors (Lipinski definition) is 3. The van der Waals surface area contributed by atoms with Crippen molar-refractivity contribution in [3.8, 4) is 0 Å². The number of hydrogen-bond donors (Lipinski definition) is 2. The van der Waals surface area contributed by atoms with Gasteiger partial charge in [0.15, 0.2) is 0 Å². The number of carbonyl (C=O) groups is 2. The van der Waals surface area contributed by atoms with Crippen molar-refractivity contribution >= 4 is 11.7 Å². The van der Waals surface area contributed by atoms with Crippen molar-refractivity contribution in [1.29, 1.82) is 0 Å². The number of carbonyl (C=O) groups excluding carboxylic acids is 2. The fourth-order valence-electron chi connectivity index (χ4n) is 1.11.